The van der Waals surface area contributed by atoms with Crippen molar-refractivity contribution in [2.24, 2.45) is 0 Å². The molecule has 5 heteroatoms. The minimum Gasteiger partial charge on any atom is -0.338 e. The Morgan fingerprint density at radius 2 is 2.44 bits per heavy atom. The van der Waals surface area contributed by atoms with E-state index in [2.05, 4.69) is 21.1 Å². The third kappa shape index (κ3) is 4.13. The molecular formula is C11H16N4O. The van der Waals surface area contributed by atoms with Crippen LogP contribution < -0.4 is 0 Å². The number of hydrogen-bond acceptors (Lipinski definition) is 3. The van der Waals surface area contributed by atoms with E-state index in [1.54, 1.807) is 11.9 Å². The lowest BCUT2D eigenvalue weighted by atomic mass is 10.2. The van der Waals surface area contributed by atoms with Gasteiger partial charge in [0, 0.05) is 19.9 Å². The lowest BCUT2D eigenvalue weighted by molar-refractivity contribution is -0.130. The number of aromatic amines is 1. The minimum absolute atomic E-state index is 0.105. The predicted octanol–water partition coefficient (Wildman–Crippen LogP) is 0.957. The molecule has 1 aromatic heterocycles. The first-order valence-corrected chi connectivity index (χ1v) is 5.25. The maximum atomic E-state index is 11.6. The van der Waals surface area contributed by atoms with Crippen molar-refractivity contribution in [2.75, 3.05) is 7.05 Å². The molecule has 0 saturated carbocycles. The zero-order chi connectivity index (χ0) is 11.8. The van der Waals surface area contributed by atoms with Crippen LogP contribution in [0.3, 0.4) is 0 Å². The van der Waals surface area contributed by atoms with Gasteiger partial charge < -0.3 is 4.90 Å². The van der Waals surface area contributed by atoms with Gasteiger partial charge in [0.2, 0.25) is 5.91 Å². The number of carbonyl (C=O) groups excluding carboxylic acids is 1. The second-order valence-corrected chi connectivity index (χ2v) is 3.59. The Kier molecular flexibility index (Phi) is 5.06. The van der Waals surface area contributed by atoms with Gasteiger partial charge in [-0.3, -0.25) is 9.89 Å². The zero-order valence-electron chi connectivity index (χ0n) is 9.44. The Balaban J connectivity index is 2.23. The highest BCUT2D eigenvalue weighted by atomic mass is 16.2. The van der Waals surface area contributed by atoms with Crippen LogP contribution in [-0.4, -0.2) is 33.0 Å². The molecule has 0 aromatic carbocycles. The van der Waals surface area contributed by atoms with Gasteiger partial charge in [-0.1, -0.05) is 0 Å². The van der Waals surface area contributed by atoms with E-state index in [9.17, 15) is 4.79 Å². The SMILES string of the molecule is C#CCCCCC(=O)N(C)Cc1ncn[nH]1. The van der Waals surface area contributed by atoms with Crippen molar-refractivity contribution in [1.82, 2.24) is 20.1 Å². The first-order valence-electron chi connectivity index (χ1n) is 5.25. The third-order valence-electron chi connectivity index (χ3n) is 2.24. The molecule has 1 N–H and O–H groups in total. The van der Waals surface area contributed by atoms with Gasteiger partial charge in [0.15, 0.2) is 0 Å². The fourth-order valence-electron chi connectivity index (χ4n) is 1.31. The van der Waals surface area contributed by atoms with E-state index in [4.69, 9.17) is 6.42 Å². The Hall–Kier alpha value is -1.83. The fraction of sp³-hybridized carbons (Fsp3) is 0.545. The smallest absolute Gasteiger partial charge is 0.222 e. The Labute approximate surface area is 95.3 Å². The van der Waals surface area contributed by atoms with Gasteiger partial charge in [0.05, 0.1) is 6.54 Å². The standard InChI is InChI=1S/C11H16N4O/c1-3-4-5-6-7-11(16)15(2)8-10-12-9-13-14-10/h1,9H,4-8H2,2H3,(H,12,13,14). The van der Waals surface area contributed by atoms with Crippen LogP contribution in [0.15, 0.2) is 6.33 Å². The first kappa shape index (κ1) is 12.2. The number of H-pyrrole nitrogens is 1. The molecule has 1 heterocycles. The molecular weight excluding hydrogens is 204 g/mol. The van der Waals surface area contributed by atoms with Gasteiger partial charge in [0.25, 0.3) is 0 Å². The second-order valence-electron chi connectivity index (χ2n) is 3.59. The summed E-state index contributed by atoms with van der Waals surface area (Å²) in [6, 6.07) is 0. The summed E-state index contributed by atoms with van der Waals surface area (Å²) in [5, 5.41) is 6.44. The molecule has 1 aromatic rings. The summed E-state index contributed by atoms with van der Waals surface area (Å²) in [7, 11) is 1.76. The van der Waals surface area contributed by atoms with Gasteiger partial charge in [-0.05, 0) is 12.8 Å². The minimum atomic E-state index is 0.105. The largest absolute Gasteiger partial charge is 0.338 e. The van der Waals surface area contributed by atoms with E-state index < -0.39 is 0 Å². The Bertz CT molecular complexity index is 353. The molecule has 86 valence electrons. The van der Waals surface area contributed by atoms with E-state index in [1.807, 2.05) is 0 Å². The summed E-state index contributed by atoms with van der Waals surface area (Å²) in [6.07, 6.45) is 9.57. The third-order valence-corrected chi connectivity index (χ3v) is 2.24. The summed E-state index contributed by atoms with van der Waals surface area (Å²) in [5.74, 6) is 3.36. The van der Waals surface area contributed by atoms with Crippen molar-refractivity contribution in [1.29, 1.82) is 0 Å². The van der Waals surface area contributed by atoms with Crippen molar-refractivity contribution >= 4 is 5.91 Å². The summed E-state index contributed by atoms with van der Waals surface area (Å²) < 4.78 is 0. The van der Waals surface area contributed by atoms with Gasteiger partial charge in [-0.25, -0.2) is 4.98 Å². The zero-order valence-corrected chi connectivity index (χ0v) is 9.44. The van der Waals surface area contributed by atoms with Crippen LogP contribution >= 0.6 is 0 Å². The molecule has 1 amide bonds. The molecule has 0 aliphatic carbocycles. The summed E-state index contributed by atoms with van der Waals surface area (Å²) in [6.45, 7) is 0.466. The number of rotatable bonds is 6. The highest BCUT2D eigenvalue weighted by Gasteiger charge is 2.09. The fourth-order valence-corrected chi connectivity index (χ4v) is 1.31. The Morgan fingerprint density at radius 1 is 1.62 bits per heavy atom. The number of hydrogen-bond donors (Lipinski definition) is 1. The maximum absolute atomic E-state index is 11.6. The van der Waals surface area contributed by atoms with Crippen LogP contribution in [0.5, 0.6) is 0 Å². The van der Waals surface area contributed by atoms with Crippen molar-refractivity contribution in [3.05, 3.63) is 12.2 Å². The van der Waals surface area contributed by atoms with Crippen LogP contribution in [0.25, 0.3) is 0 Å². The van der Waals surface area contributed by atoms with Crippen LogP contribution in [0.1, 0.15) is 31.5 Å². The number of terminal acetylenes is 1. The molecule has 0 atom stereocenters. The van der Waals surface area contributed by atoms with Crippen molar-refractivity contribution in [3.8, 4) is 12.3 Å². The predicted molar refractivity (Wildman–Crippen MR) is 60.2 cm³/mol. The van der Waals surface area contributed by atoms with Gasteiger partial charge >= 0.3 is 0 Å². The van der Waals surface area contributed by atoms with E-state index in [0.29, 0.717) is 18.8 Å². The summed E-state index contributed by atoms with van der Waals surface area (Å²) in [4.78, 5) is 17.2. The van der Waals surface area contributed by atoms with Gasteiger partial charge in [-0.15, -0.1) is 12.3 Å². The highest BCUT2D eigenvalue weighted by Crippen LogP contribution is 2.03. The van der Waals surface area contributed by atoms with Crippen LogP contribution in [0, 0.1) is 12.3 Å². The average molecular weight is 220 g/mol. The molecule has 0 spiro atoms. The first-order chi connectivity index (χ1) is 7.74. The van der Waals surface area contributed by atoms with E-state index in [1.165, 1.54) is 6.33 Å². The maximum Gasteiger partial charge on any atom is 0.222 e. The van der Waals surface area contributed by atoms with E-state index >= 15 is 0 Å². The van der Waals surface area contributed by atoms with Crippen LogP contribution in [0.2, 0.25) is 0 Å². The monoisotopic (exact) mass is 220 g/mol. The normalized spacial score (nSPS) is 9.75. The molecule has 0 fully saturated rings. The number of amides is 1. The molecule has 0 saturated heterocycles. The number of nitrogens with one attached hydrogen (secondary N) is 1. The number of nitrogens with zero attached hydrogens (tertiary/aromatic N) is 3. The molecule has 16 heavy (non-hydrogen) atoms. The van der Waals surface area contributed by atoms with Crippen molar-refractivity contribution in [3.63, 3.8) is 0 Å². The van der Waals surface area contributed by atoms with Crippen LogP contribution in [-0.2, 0) is 11.3 Å². The lowest BCUT2D eigenvalue weighted by Crippen LogP contribution is -2.26. The topological polar surface area (TPSA) is 61.9 Å². The molecule has 0 aliphatic heterocycles. The molecule has 5 nitrogen and oxygen atoms in total. The molecule has 0 bridgehead atoms. The highest BCUT2D eigenvalue weighted by molar-refractivity contribution is 5.75. The Morgan fingerprint density at radius 3 is 3.06 bits per heavy atom. The lowest BCUT2D eigenvalue weighted by Gasteiger charge is -2.15. The molecule has 0 radical (unpaired) electrons. The van der Waals surface area contributed by atoms with Crippen molar-refractivity contribution in [2.45, 2.75) is 32.2 Å². The van der Waals surface area contributed by atoms with Crippen molar-refractivity contribution < 1.29 is 4.79 Å². The van der Waals surface area contributed by atoms with E-state index in [-0.39, 0.29) is 5.91 Å². The van der Waals surface area contributed by atoms with Gasteiger partial charge in [-0.2, -0.15) is 5.10 Å². The molecule has 0 unspecified atom stereocenters. The number of aromatic nitrogens is 3. The number of unbranched alkanes of at least 4 members (excludes halogenated alkanes) is 2. The summed E-state index contributed by atoms with van der Waals surface area (Å²) in [5.41, 5.74) is 0. The number of carbonyl (C=O) groups is 1. The molecule has 0 aliphatic rings. The van der Waals surface area contributed by atoms with E-state index in [0.717, 1.165) is 19.3 Å². The molecule has 1 rings (SSSR count). The average Bonchev–Trinajstić information content (AvgIpc) is 2.76. The second kappa shape index (κ2) is 6.62. The van der Waals surface area contributed by atoms with Gasteiger partial charge in [0.1, 0.15) is 12.2 Å². The summed E-state index contributed by atoms with van der Waals surface area (Å²) >= 11 is 0. The quantitative estimate of drug-likeness (QED) is 0.573. The van der Waals surface area contributed by atoms with Crippen LogP contribution in [0.4, 0.5) is 0 Å².